The Hall–Kier alpha value is -1.91. The van der Waals surface area contributed by atoms with E-state index in [2.05, 4.69) is 4.42 Å². The monoisotopic (exact) mass is 226 g/mol. The van der Waals surface area contributed by atoms with Gasteiger partial charge in [-0.25, -0.2) is 4.79 Å². The van der Waals surface area contributed by atoms with Gasteiger partial charge in [0, 0.05) is 11.6 Å². The van der Waals surface area contributed by atoms with E-state index in [0.717, 1.165) is 6.42 Å². The third-order valence-electron chi connectivity index (χ3n) is 2.18. The number of aromatic hydroxyl groups is 1. The molecule has 2 heterocycles. The fourth-order valence-corrected chi connectivity index (χ4v) is 1.25. The standard InChI is InChI=1S/C7H10O3.C4H4O2/c1-3-5-4(2)6(8)7(9)10-5;5-4-2-1-3-6-4/h5,8H,3H2,1-2H3;1-3,5H. The summed E-state index contributed by atoms with van der Waals surface area (Å²) < 4.78 is 9.16. The molecule has 0 amide bonds. The molecule has 0 spiro atoms. The largest absolute Gasteiger partial charge is 0.502 e. The lowest BCUT2D eigenvalue weighted by atomic mass is 10.1. The van der Waals surface area contributed by atoms with Gasteiger partial charge in [0.1, 0.15) is 6.10 Å². The van der Waals surface area contributed by atoms with Crippen molar-refractivity contribution in [3.63, 3.8) is 0 Å². The molecule has 1 aromatic heterocycles. The topological polar surface area (TPSA) is 79.9 Å². The van der Waals surface area contributed by atoms with Crippen molar-refractivity contribution in [2.24, 2.45) is 0 Å². The Morgan fingerprint density at radius 1 is 1.44 bits per heavy atom. The Bertz CT molecular complexity index is 377. The lowest BCUT2D eigenvalue weighted by Gasteiger charge is -2.05. The van der Waals surface area contributed by atoms with Crippen LogP contribution in [0.5, 0.6) is 5.95 Å². The summed E-state index contributed by atoms with van der Waals surface area (Å²) >= 11 is 0. The van der Waals surface area contributed by atoms with Crippen LogP contribution in [0.3, 0.4) is 0 Å². The van der Waals surface area contributed by atoms with Crippen molar-refractivity contribution in [1.29, 1.82) is 0 Å². The fraction of sp³-hybridized carbons (Fsp3) is 0.364. The molecule has 0 aromatic carbocycles. The summed E-state index contributed by atoms with van der Waals surface area (Å²) in [6.07, 6.45) is 1.93. The predicted molar refractivity (Wildman–Crippen MR) is 55.9 cm³/mol. The summed E-state index contributed by atoms with van der Waals surface area (Å²) in [6, 6.07) is 3.09. The number of ether oxygens (including phenoxy) is 1. The van der Waals surface area contributed by atoms with Gasteiger partial charge in [0.15, 0.2) is 0 Å². The molecule has 2 rings (SSSR count). The van der Waals surface area contributed by atoms with Crippen LogP contribution in [0.4, 0.5) is 0 Å². The number of hydrogen-bond acceptors (Lipinski definition) is 5. The van der Waals surface area contributed by atoms with Crippen molar-refractivity contribution < 1.29 is 24.2 Å². The van der Waals surface area contributed by atoms with Crippen LogP contribution in [0.2, 0.25) is 0 Å². The molecule has 16 heavy (non-hydrogen) atoms. The van der Waals surface area contributed by atoms with Crippen LogP contribution in [-0.4, -0.2) is 22.3 Å². The van der Waals surface area contributed by atoms with E-state index in [0.29, 0.717) is 5.57 Å². The van der Waals surface area contributed by atoms with Gasteiger partial charge in [0.05, 0.1) is 6.26 Å². The van der Waals surface area contributed by atoms with Crippen LogP contribution < -0.4 is 0 Å². The Labute approximate surface area is 93.0 Å². The zero-order valence-corrected chi connectivity index (χ0v) is 9.14. The Balaban J connectivity index is 0.000000181. The number of cyclic esters (lactones) is 1. The van der Waals surface area contributed by atoms with Crippen LogP contribution in [-0.2, 0) is 9.53 Å². The maximum absolute atomic E-state index is 10.6. The first-order valence-electron chi connectivity index (χ1n) is 4.89. The van der Waals surface area contributed by atoms with E-state index in [9.17, 15) is 4.79 Å². The van der Waals surface area contributed by atoms with Gasteiger partial charge < -0.3 is 19.4 Å². The maximum atomic E-state index is 10.6. The third kappa shape index (κ3) is 2.79. The van der Waals surface area contributed by atoms with Gasteiger partial charge in [-0.1, -0.05) is 6.92 Å². The van der Waals surface area contributed by atoms with E-state index in [1.165, 1.54) is 12.3 Å². The van der Waals surface area contributed by atoms with Crippen molar-refractivity contribution in [3.05, 3.63) is 29.7 Å². The second-order valence-corrected chi connectivity index (χ2v) is 3.29. The smallest absolute Gasteiger partial charge is 0.374 e. The van der Waals surface area contributed by atoms with Gasteiger partial charge in [-0.05, 0) is 19.4 Å². The minimum atomic E-state index is -0.593. The van der Waals surface area contributed by atoms with E-state index >= 15 is 0 Å². The van der Waals surface area contributed by atoms with Gasteiger partial charge in [-0.3, -0.25) is 0 Å². The average molecular weight is 226 g/mol. The number of hydrogen-bond donors (Lipinski definition) is 2. The molecule has 1 unspecified atom stereocenters. The molecule has 0 aliphatic carbocycles. The van der Waals surface area contributed by atoms with Crippen LogP contribution >= 0.6 is 0 Å². The molecular formula is C11H14O5. The molecule has 88 valence electrons. The van der Waals surface area contributed by atoms with Crippen LogP contribution in [0.1, 0.15) is 20.3 Å². The van der Waals surface area contributed by atoms with Crippen LogP contribution in [0.15, 0.2) is 34.1 Å². The molecule has 0 radical (unpaired) electrons. The Kier molecular flexibility index (Phi) is 3.99. The first-order valence-corrected chi connectivity index (χ1v) is 4.89. The molecule has 0 saturated carbocycles. The summed E-state index contributed by atoms with van der Waals surface area (Å²) in [5.74, 6) is -0.841. The molecule has 5 heteroatoms. The van der Waals surface area contributed by atoms with Gasteiger partial charge in [0.25, 0.3) is 5.95 Å². The Morgan fingerprint density at radius 2 is 2.12 bits per heavy atom. The number of aliphatic hydroxyl groups is 1. The summed E-state index contributed by atoms with van der Waals surface area (Å²) in [4.78, 5) is 10.6. The third-order valence-corrected chi connectivity index (χ3v) is 2.18. The number of carbonyl (C=O) groups is 1. The van der Waals surface area contributed by atoms with Gasteiger partial charge in [0.2, 0.25) is 5.76 Å². The van der Waals surface area contributed by atoms with E-state index in [4.69, 9.17) is 14.9 Å². The molecule has 2 N–H and O–H groups in total. The van der Waals surface area contributed by atoms with E-state index in [1.54, 1.807) is 13.0 Å². The fourth-order valence-electron chi connectivity index (χ4n) is 1.25. The van der Waals surface area contributed by atoms with Crippen molar-refractivity contribution in [2.75, 3.05) is 0 Å². The van der Waals surface area contributed by atoms with E-state index in [-0.39, 0.29) is 17.8 Å². The molecule has 1 aliphatic heterocycles. The Morgan fingerprint density at radius 3 is 2.31 bits per heavy atom. The number of carbonyl (C=O) groups excluding carboxylic acids is 1. The maximum Gasteiger partial charge on any atom is 0.374 e. The zero-order valence-electron chi connectivity index (χ0n) is 9.14. The lowest BCUT2D eigenvalue weighted by Crippen LogP contribution is -2.08. The molecular weight excluding hydrogens is 212 g/mol. The van der Waals surface area contributed by atoms with Gasteiger partial charge >= 0.3 is 5.97 Å². The molecule has 0 saturated heterocycles. The first kappa shape index (κ1) is 12.2. The first-order chi connectivity index (χ1) is 7.56. The van der Waals surface area contributed by atoms with E-state index < -0.39 is 5.97 Å². The molecule has 1 atom stereocenters. The van der Waals surface area contributed by atoms with Gasteiger partial charge in [-0.15, -0.1) is 0 Å². The lowest BCUT2D eigenvalue weighted by molar-refractivity contribution is -0.142. The minimum absolute atomic E-state index is 0.0324. The van der Waals surface area contributed by atoms with E-state index in [1.807, 2.05) is 6.92 Å². The summed E-state index contributed by atoms with van der Waals surface area (Å²) in [6.45, 7) is 3.61. The highest BCUT2D eigenvalue weighted by molar-refractivity contribution is 5.89. The zero-order chi connectivity index (χ0) is 12.1. The number of furan rings is 1. The normalized spacial score (nSPS) is 19.1. The molecule has 5 nitrogen and oxygen atoms in total. The quantitative estimate of drug-likeness (QED) is 0.717. The second-order valence-electron chi connectivity index (χ2n) is 3.29. The SMILES string of the molecule is CCC1OC(=O)C(O)=C1C.Oc1ccco1. The van der Waals surface area contributed by atoms with Crippen molar-refractivity contribution in [2.45, 2.75) is 26.4 Å². The molecule has 0 bridgehead atoms. The summed E-state index contributed by atoms with van der Waals surface area (Å²) in [5.41, 5.74) is 0.646. The number of rotatable bonds is 1. The van der Waals surface area contributed by atoms with Crippen LogP contribution in [0, 0.1) is 0 Å². The van der Waals surface area contributed by atoms with Crippen LogP contribution in [0.25, 0.3) is 0 Å². The predicted octanol–water partition coefficient (Wildman–Crippen LogP) is 2.14. The highest BCUT2D eigenvalue weighted by Crippen LogP contribution is 2.21. The summed E-state index contributed by atoms with van der Waals surface area (Å²) in [7, 11) is 0. The van der Waals surface area contributed by atoms with Crippen molar-refractivity contribution >= 4 is 5.97 Å². The van der Waals surface area contributed by atoms with Crippen molar-refractivity contribution in [1.82, 2.24) is 0 Å². The minimum Gasteiger partial charge on any atom is -0.502 e. The molecule has 0 fully saturated rings. The van der Waals surface area contributed by atoms with Gasteiger partial charge in [-0.2, -0.15) is 0 Å². The molecule has 1 aromatic rings. The highest BCUT2D eigenvalue weighted by atomic mass is 16.6. The number of aliphatic hydroxyl groups excluding tert-OH is 1. The average Bonchev–Trinajstić information content (AvgIpc) is 2.83. The molecule has 1 aliphatic rings. The summed E-state index contributed by atoms with van der Waals surface area (Å²) in [5, 5.41) is 17.3. The number of esters is 1. The second kappa shape index (κ2) is 5.25. The van der Waals surface area contributed by atoms with Crippen molar-refractivity contribution in [3.8, 4) is 5.95 Å². The highest BCUT2D eigenvalue weighted by Gasteiger charge is 2.29.